The Morgan fingerprint density at radius 3 is 2.42 bits per heavy atom. The largest absolute Gasteiger partial charge is 0.481 e. The molecule has 0 aliphatic carbocycles. The van der Waals surface area contributed by atoms with E-state index in [1.54, 1.807) is 18.2 Å². The lowest BCUT2D eigenvalue weighted by molar-refractivity contribution is -0.139. The summed E-state index contributed by atoms with van der Waals surface area (Å²) in [4.78, 5) is 26.0. The second kappa shape index (κ2) is 12.4. The average molecular weight is 521 g/mol. The first-order valence-electron chi connectivity index (χ1n) is 10.2. The molecule has 0 aliphatic rings. The number of hydrogen-bond donors (Lipinski definition) is 2. The molecule has 1 atom stereocenters. The van der Waals surface area contributed by atoms with Crippen molar-refractivity contribution < 1.29 is 23.1 Å². The number of aliphatic carboxylic acids is 1. The number of carbonyl (C=O) groups is 2. The third kappa shape index (κ3) is 8.31. The van der Waals surface area contributed by atoms with Crippen molar-refractivity contribution in [2.24, 2.45) is 0 Å². The lowest BCUT2D eigenvalue weighted by atomic mass is 10.1. The van der Waals surface area contributed by atoms with Crippen molar-refractivity contribution in [1.82, 2.24) is 29.8 Å². The van der Waals surface area contributed by atoms with E-state index in [4.69, 9.17) is 23.2 Å². The molecule has 0 radical (unpaired) electrons. The van der Waals surface area contributed by atoms with Crippen LogP contribution in [-0.4, -0.2) is 81.8 Å². The zero-order valence-corrected chi connectivity index (χ0v) is 20.6. The summed E-state index contributed by atoms with van der Waals surface area (Å²) in [6, 6.07) is 3.52. The van der Waals surface area contributed by atoms with Gasteiger partial charge in [-0.2, -0.15) is 0 Å². The van der Waals surface area contributed by atoms with Gasteiger partial charge < -0.3 is 10.0 Å². The summed E-state index contributed by atoms with van der Waals surface area (Å²) in [6.45, 7) is 4.97. The molecule has 0 amide bonds. The number of rotatable bonds is 14. The van der Waals surface area contributed by atoms with E-state index in [1.807, 2.05) is 18.7 Å². The van der Waals surface area contributed by atoms with E-state index in [2.05, 4.69) is 20.2 Å². The summed E-state index contributed by atoms with van der Waals surface area (Å²) in [5, 5.41) is 21.2. The molecular formula is C19H26Cl2N6O5S. The molecule has 11 nitrogen and oxygen atoms in total. The quantitative estimate of drug-likeness (QED) is 0.375. The third-order valence-electron chi connectivity index (χ3n) is 4.97. The minimum atomic E-state index is -3.91. The molecular weight excluding hydrogens is 495 g/mol. The molecule has 0 fully saturated rings. The van der Waals surface area contributed by atoms with Crippen LogP contribution in [0.1, 0.15) is 31.7 Å². The molecule has 2 aromatic rings. The Morgan fingerprint density at radius 1 is 1.21 bits per heavy atom. The van der Waals surface area contributed by atoms with Gasteiger partial charge in [0.15, 0.2) is 11.6 Å². The molecule has 2 rings (SSSR count). The summed E-state index contributed by atoms with van der Waals surface area (Å²) in [5.74, 6) is -2.02. The smallest absolute Gasteiger partial charge is 0.305 e. The Morgan fingerprint density at radius 2 is 1.85 bits per heavy atom. The minimum absolute atomic E-state index is 0.123. The van der Waals surface area contributed by atoms with Crippen LogP contribution in [0.5, 0.6) is 0 Å². The van der Waals surface area contributed by atoms with E-state index in [-0.39, 0.29) is 24.5 Å². The number of hydrogen-bond acceptors (Lipinski definition) is 8. The van der Waals surface area contributed by atoms with Crippen LogP contribution < -0.4 is 4.72 Å². The van der Waals surface area contributed by atoms with Crippen LogP contribution in [0.25, 0.3) is 0 Å². The maximum atomic E-state index is 12.8. The fourth-order valence-corrected chi connectivity index (χ4v) is 4.85. The first kappa shape index (κ1) is 27.1. The lowest BCUT2D eigenvalue weighted by Crippen LogP contribution is -2.46. The summed E-state index contributed by atoms with van der Waals surface area (Å²) < 4.78 is 28.4. The molecule has 2 N–H and O–H groups in total. The lowest BCUT2D eigenvalue weighted by Gasteiger charge is -2.20. The van der Waals surface area contributed by atoms with Gasteiger partial charge in [-0.25, -0.2) is 17.8 Å². The Hall–Kier alpha value is -2.12. The Balaban J connectivity index is 2.15. The first-order chi connectivity index (χ1) is 15.6. The zero-order valence-electron chi connectivity index (χ0n) is 18.2. The number of carboxylic acid groups (broad SMARTS) is 1. The molecule has 1 heterocycles. The fourth-order valence-electron chi connectivity index (χ4n) is 3.05. The number of carboxylic acids is 1. The molecule has 0 saturated carbocycles. The van der Waals surface area contributed by atoms with Gasteiger partial charge in [0.2, 0.25) is 10.0 Å². The van der Waals surface area contributed by atoms with E-state index in [0.29, 0.717) is 28.7 Å². The first-order valence-corrected chi connectivity index (χ1v) is 12.6. The average Bonchev–Trinajstić information content (AvgIpc) is 3.17. The molecule has 33 heavy (non-hydrogen) atoms. The van der Waals surface area contributed by atoms with E-state index in [9.17, 15) is 23.1 Å². The topological polar surface area (TPSA) is 147 Å². The second-order valence-electron chi connectivity index (χ2n) is 7.21. The maximum Gasteiger partial charge on any atom is 0.305 e. The van der Waals surface area contributed by atoms with Crippen LogP contribution in [0, 0.1) is 0 Å². The molecule has 0 bridgehead atoms. The van der Waals surface area contributed by atoms with E-state index >= 15 is 0 Å². The molecule has 1 unspecified atom stereocenters. The van der Waals surface area contributed by atoms with Crippen molar-refractivity contribution in [3.05, 3.63) is 39.6 Å². The Kier molecular flexibility index (Phi) is 10.2. The van der Waals surface area contributed by atoms with Crippen LogP contribution in [-0.2, 0) is 32.6 Å². The number of sulfonamides is 1. The standard InChI is InChI=1S/C19H26Cl2N6O5S/c1-3-26(4-2)8-9-33(31,32)23-16(11-19(29)30)17(28)12-27-18(22-24-25-27)10-13-14(20)6-5-7-15(13)21/h5-7,16,23H,3-4,8-12H2,1-2H3,(H,29,30). The van der Waals surface area contributed by atoms with Gasteiger partial charge in [-0.05, 0) is 41.2 Å². The number of nitrogens with zero attached hydrogens (tertiary/aromatic N) is 5. The van der Waals surface area contributed by atoms with Crippen molar-refractivity contribution in [3.63, 3.8) is 0 Å². The normalized spacial score (nSPS) is 12.8. The van der Waals surface area contributed by atoms with E-state index in [0.717, 1.165) is 0 Å². The Bertz CT molecular complexity index is 1050. The maximum absolute atomic E-state index is 12.8. The van der Waals surface area contributed by atoms with Gasteiger partial charge in [0.25, 0.3) is 0 Å². The molecule has 14 heteroatoms. The number of benzene rings is 1. The highest BCUT2D eigenvalue weighted by Crippen LogP contribution is 2.26. The van der Waals surface area contributed by atoms with Crippen molar-refractivity contribution >= 4 is 45.0 Å². The number of ketones is 1. The zero-order chi connectivity index (χ0) is 24.6. The van der Waals surface area contributed by atoms with Crippen LogP contribution in [0.3, 0.4) is 0 Å². The van der Waals surface area contributed by atoms with E-state index in [1.165, 1.54) is 4.68 Å². The highest BCUT2D eigenvalue weighted by atomic mass is 35.5. The fraction of sp³-hybridized carbons (Fsp3) is 0.526. The van der Waals surface area contributed by atoms with Crippen LogP contribution in [0.4, 0.5) is 0 Å². The van der Waals surface area contributed by atoms with Crippen molar-refractivity contribution in [2.75, 3.05) is 25.4 Å². The van der Waals surface area contributed by atoms with Gasteiger partial charge in [0.05, 0.1) is 18.2 Å². The predicted molar refractivity (Wildman–Crippen MR) is 123 cm³/mol. The van der Waals surface area contributed by atoms with Gasteiger partial charge >= 0.3 is 5.97 Å². The van der Waals surface area contributed by atoms with Crippen LogP contribution >= 0.6 is 23.2 Å². The summed E-state index contributed by atoms with van der Waals surface area (Å²) in [7, 11) is -3.91. The predicted octanol–water partition coefficient (Wildman–Crippen LogP) is 1.24. The van der Waals surface area contributed by atoms with Gasteiger partial charge in [0, 0.05) is 23.0 Å². The van der Waals surface area contributed by atoms with Crippen LogP contribution in [0.2, 0.25) is 10.0 Å². The number of Topliss-reactive ketones (excluding diaryl/α,β-unsaturated/α-hetero) is 1. The number of halogens is 2. The third-order valence-corrected chi connectivity index (χ3v) is 7.04. The van der Waals surface area contributed by atoms with Gasteiger partial charge in [-0.3, -0.25) is 9.59 Å². The summed E-state index contributed by atoms with van der Waals surface area (Å²) in [6.07, 6.45) is -0.588. The van der Waals surface area contributed by atoms with Crippen molar-refractivity contribution in [3.8, 4) is 0 Å². The number of nitrogens with one attached hydrogen (secondary N) is 1. The van der Waals surface area contributed by atoms with Gasteiger partial charge in [0.1, 0.15) is 6.54 Å². The SMILES string of the molecule is CCN(CC)CCS(=O)(=O)NC(CC(=O)O)C(=O)Cn1nnnc1Cc1c(Cl)cccc1Cl. The van der Waals surface area contributed by atoms with Gasteiger partial charge in [-0.15, -0.1) is 5.10 Å². The number of aromatic nitrogens is 4. The second-order valence-corrected chi connectivity index (χ2v) is 9.90. The minimum Gasteiger partial charge on any atom is -0.481 e. The van der Waals surface area contributed by atoms with Crippen LogP contribution in [0.15, 0.2) is 18.2 Å². The monoisotopic (exact) mass is 520 g/mol. The van der Waals surface area contributed by atoms with Crippen molar-refractivity contribution in [2.45, 2.75) is 39.3 Å². The molecule has 0 spiro atoms. The molecule has 0 saturated heterocycles. The Labute approximate surface area is 202 Å². The highest BCUT2D eigenvalue weighted by Gasteiger charge is 2.28. The molecule has 1 aromatic carbocycles. The summed E-state index contributed by atoms with van der Waals surface area (Å²) in [5.41, 5.74) is 0.559. The molecule has 1 aromatic heterocycles. The van der Waals surface area contributed by atoms with E-state index < -0.39 is 40.8 Å². The molecule has 0 aliphatic heterocycles. The highest BCUT2D eigenvalue weighted by molar-refractivity contribution is 7.89. The van der Waals surface area contributed by atoms with Gasteiger partial charge in [-0.1, -0.05) is 43.1 Å². The van der Waals surface area contributed by atoms with Crippen molar-refractivity contribution in [1.29, 1.82) is 0 Å². The number of tetrazole rings is 1. The summed E-state index contributed by atoms with van der Waals surface area (Å²) >= 11 is 12.4. The molecule has 182 valence electrons. The number of carbonyl (C=O) groups excluding carboxylic acids is 1.